The third-order valence-corrected chi connectivity index (χ3v) is 4.07. The SMILES string of the molecule is CN=C(NCc1ccccc1OC(F)F)NCC1Cc2ccccc2O1. The number of guanidine groups is 1. The van der Waals surface area contributed by atoms with Crippen molar-refractivity contribution in [2.45, 2.75) is 25.7 Å². The number of benzene rings is 2. The monoisotopic (exact) mass is 361 g/mol. The molecular weight excluding hydrogens is 340 g/mol. The van der Waals surface area contributed by atoms with E-state index in [0.717, 1.165) is 12.2 Å². The van der Waals surface area contributed by atoms with E-state index in [1.165, 1.54) is 11.6 Å². The second-order valence-corrected chi connectivity index (χ2v) is 5.84. The van der Waals surface area contributed by atoms with Gasteiger partial charge in [0.25, 0.3) is 0 Å². The molecule has 138 valence electrons. The van der Waals surface area contributed by atoms with Crippen LogP contribution in [0.1, 0.15) is 11.1 Å². The quantitative estimate of drug-likeness (QED) is 0.614. The molecule has 0 fully saturated rings. The molecule has 0 saturated carbocycles. The molecule has 2 aromatic carbocycles. The summed E-state index contributed by atoms with van der Waals surface area (Å²) in [5.41, 5.74) is 1.82. The van der Waals surface area contributed by atoms with Gasteiger partial charge in [0, 0.05) is 25.6 Å². The Morgan fingerprint density at radius 1 is 1.19 bits per heavy atom. The molecule has 0 bridgehead atoms. The Hall–Kier alpha value is -2.83. The fourth-order valence-electron chi connectivity index (χ4n) is 2.84. The third-order valence-electron chi connectivity index (χ3n) is 4.07. The molecule has 0 radical (unpaired) electrons. The molecule has 26 heavy (non-hydrogen) atoms. The van der Waals surface area contributed by atoms with Crippen LogP contribution in [-0.2, 0) is 13.0 Å². The number of nitrogens with zero attached hydrogens (tertiary/aromatic N) is 1. The van der Waals surface area contributed by atoms with Gasteiger partial charge in [-0.25, -0.2) is 0 Å². The Kier molecular flexibility index (Phi) is 5.88. The van der Waals surface area contributed by atoms with Crippen molar-refractivity contribution < 1.29 is 18.3 Å². The summed E-state index contributed by atoms with van der Waals surface area (Å²) < 4.78 is 35.4. The van der Waals surface area contributed by atoms with Gasteiger partial charge in [-0.1, -0.05) is 36.4 Å². The van der Waals surface area contributed by atoms with Gasteiger partial charge in [0.05, 0.1) is 6.54 Å². The van der Waals surface area contributed by atoms with Gasteiger partial charge in [-0.2, -0.15) is 8.78 Å². The van der Waals surface area contributed by atoms with Crippen molar-refractivity contribution >= 4 is 5.96 Å². The highest BCUT2D eigenvalue weighted by Crippen LogP contribution is 2.27. The van der Waals surface area contributed by atoms with Crippen LogP contribution in [0.3, 0.4) is 0 Å². The molecule has 7 heteroatoms. The summed E-state index contributed by atoms with van der Waals surface area (Å²) >= 11 is 0. The molecular formula is C19H21F2N3O2. The summed E-state index contributed by atoms with van der Waals surface area (Å²) in [7, 11) is 1.65. The molecule has 2 aromatic rings. The standard InChI is InChI=1S/C19H21F2N3O2/c1-22-19(23-11-14-7-3-5-9-17(14)26-18(20)21)24-12-15-10-13-6-2-4-8-16(13)25-15/h2-9,15,18H,10-12H2,1H3,(H2,22,23,24). The van der Waals surface area contributed by atoms with E-state index in [0.29, 0.717) is 24.6 Å². The van der Waals surface area contributed by atoms with Crippen LogP contribution in [-0.4, -0.2) is 32.3 Å². The fourth-order valence-corrected chi connectivity index (χ4v) is 2.84. The second kappa shape index (κ2) is 8.51. The van der Waals surface area contributed by atoms with Gasteiger partial charge < -0.3 is 20.1 Å². The highest BCUT2D eigenvalue weighted by molar-refractivity contribution is 5.79. The number of halogens is 2. The van der Waals surface area contributed by atoms with Gasteiger partial charge in [-0.3, -0.25) is 4.99 Å². The van der Waals surface area contributed by atoms with Crippen molar-refractivity contribution in [1.29, 1.82) is 0 Å². The predicted molar refractivity (Wildman–Crippen MR) is 95.8 cm³/mol. The highest BCUT2D eigenvalue weighted by Gasteiger charge is 2.22. The molecule has 1 aliphatic rings. The lowest BCUT2D eigenvalue weighted by atomic mass is 10.1. The minimum absolute atomic E-state index is 0.0282. The predicted octanol–water partition coefficient (Wildman–Crippen LogP) is 2.96. The minimum atomic E-state index is -2.85. The Morgan fingerprint density at radius 3 is 2.73 bits per heavy atom. The van der Waals surface area contributed by atoms with Crippen LogP contribution in [0.25, 0.3) is 0 Å². The lowest BCUT2D eigenvalue weighted by Crippen LogP contribution is -2.42. The normalized spacial score (nSPS) is 16.2. The van der Waals surface area contributed by atoms with Crippen LogP contribution in [0.15, 0.2) is 53.5 Å². The maximum Gasteiger partial charge on any atom is 0.387 e. The van der Waals surface area contributed by atoms with Crippen LogP contribution in [0.4, 0.5) is 8.78 Å². The van der Waals surface area contributed by atoms with Crippen molar-refractivity contribution in [2.24, 2.45) is 4.99 Å². The van der Waals surface area contributed by atoms with E-state index in [9.17, 15) is 8.78 Å². The highest BCUT2D eigenvalue weighted by atomic mass is 19.3. The average Bonchev–Trinajstić information content (AvgIpc) is 3.05. The van der Waals surface area contributed by atoms with Gasteiger partial charge >= 0.3 is 6.61 Å². The lowest BCUT2D eigenvalue weighted by Gasteiger charge is -2.16. The first-order valence-corrected chi connectivity index (χ1v) is 8.37. The van der Waals surface area contributed by atoms with Gasteiger partial charge in [-0.15, -0.1) is 0 Å². The van der Waals surface area contributed by atoms with E-state index >= 15 is 0 Å². The molecule has 3 rings (SSSR count). The van der Waals surface area contributed by atoms with E-state index in [-0.39, 0.29) is 11.9 Å². The van der Waals surface area contributed by atoms with Crippen LogP contribution < -0.4 is 20.1 Å². The number of hydrogen-bond donors (Lipinski definition) is 2. The minimum Gasteiger partial charge on any atom is -0.488 e. The number of hydrogen-bond acceptors (Lipinski definition) is 3. The molecule has 0 aliphatic carbocycles. The summed E-state index contributed by atoms with van der Waals surface area (Å²) in [6.07, 6.45) is 0.867. The first-order chi connectivity index (χ1) is 12.7. The summed E-state index contributed by atoms with van der Waals surface area (Å²) in [6, 6.07) is 14.6. The van der Waals surface area contributed by atoms with Gasteiger partial charge in [0.15, 0.2) is 5.96 Å². The molecule has 5 nitrogen and oxygen atoms in total. The van der Waals surface area contributed by atoms with Crippen LogP contribution in [0.5, 0.6) is 11.5 Å². The summed E-state index contributed by atoms with van der Waals surface area (Å²) in [6.45, 7) is -1.95. The van der Waals surface area contributed by atoms with E-state index < -0.39 is 6.61 Å². The average molecular weight is 361 g/mol. The largest absolute Gasteiger partial charge is 0.488 e. The van der Waals surface area contributed by atoms with E-state index in [1.807, 2.05) is 18.2 Å². The van der Waals surface area contributed by atoms with Crippen molar-refractivity contribution in [3.63, 3.8) is 0 Å². The molecule has 0 aromatic heterocycles. The molecule has 0 spiro atoms. The number of fused-ring (bicyclic) bond motifs is 1. The topological polar surface area (TPSA) is 54.9 Å². The number of alkyl halides is 2. The molecule has 1 atom stereocenters. The first-order valence-electron chi connectivity index (χ1n) is 8.37. The van der Waals surface area contributed by atoms with E-state index in [4.69, 9.17) is 4.74 Å². The third kappa shape index (κ3) is 4.62. The number of para-hydroxylation sites is 2. The molecule has 1 aliphatic heterocycles. The first kappa shape index (κ1) is 18.0. The number of ether oxygens (including phenoxy) is 2. The van der Waals surface area contributed by atoms with Crippen molar-refractivity contribution in [2.75, 3.05) is 13.6 Å². The number of rotatable bonds is 6. The lowest BCUT2D eigenvalue weighted by molar-refractivity contribution is -0.0504. The smallest absolute Gasteiger partial charge is 0.387 e. The Bertz CT molecular complexity index is 743. The van der Waals surface area contributed by atoms with Crippen molar-refractivity contribution in [1.82, 2.24) is 10.6 Å². The Labute approximate surface area is 151 Å². The van der Waals surface area contributed by atoms with Crippen molar-refractivity contribution in [3.8, 4) is 11.5 Å². The molecule has 2 N–H and O–H groups in total. The zero-order valence-electron chi connectivity index (χ0n) is 14.4. The Morgan fingerprint density at radius 2 is 1.96 bits per heavy atom. The fraction of sp³-hybridized carbons (Fsp3) is 0.316. The maximum atomic E-state index is 12.5. The molecule has 1 unspecified atom stereocenters. The van der Waals surface area contributed by atoms with Crippen LogP contribution in [0.2, 0.25) is 0 Å². The maximum absolute atomic E-state index is 12.5. The van der Waals surface area contributed by atoms with Gasteiger partial charge in [-0.05, 0) is 17.7 Å². The number of aliphatic imine (C=N–C) groups is 1. The zero-order chi connectivity index (χ0) is 18.4. The number of nitrogens with one attached hydrogen (secondary N) is 2. The van der Waals surface area contributed by atoms with Crippen LogP contribution in [0, 0.1) is 0 Å². The second-order valence-electron chi connectivity index (χ2n) is 5.84. The van der Waals surface area contributed by atoms with Gasteiger partial charge in [0.1, 0.15) is 17.6 Å². The summed E-state index contributed by atoms with van der Waals surface area (Å²) in [5.74, 6) is 1.64. The van der Waals surface area contributed by atoms with E-state index in [1.54, 1.807) is 25.2 Å². The Balaban J connectivity index is 1.50. The summed E-state index contributed by atoms with van der Waals surface area (Å²) in [4.78, 5) is 4.15. The molecule has 1 heterocycles. The van der Waals surface area contributed by atoms with Crippen molar-refractivity contribution in [3.05, 3.63) is 59.7 Å². The molecule has 0 saturated heterocycles. The van der Waals surface area contributed by atoms with E-state index in [2.05, 4.69) is 26.4 Å². The van der Waals surface area contributed by atoms with Crippen LogP contribution >= 0.6 is 0 Å². The zero-order valence-corrected chi connectivity index (χ0v) is 14.4. The summed E-state index contributed by atoms with van der Waals surface area (Å²) in [5, 5.41) is 6.30. The van der Waals surface area contributed by atoms with Gasteiger partial charge in [0.2, 0.25) is 0 Å². The molecule has 0 amide bonds.